The lowest BCUT2D eigenvalue weighted by Crippen LogP contribution is -2.33. The average molecular weight is 182 g/mol. The second-order valence-corrected chi connectivity index (χ2v) is 4.50. The zero-order valence-electron chi connectivity index (χ0n) is 8.11. The summed E-state index contributed by atoms with van der Waals surface area (Å²) < 4.78 is 17.1. The molecule has 3 rings (SSSR count). The molecular formula is C10H14O3. The van der Waals surface area contributed by atoms with Gasteiger partial charge in [0.25, 0.3) is 0 Å². The van der Waals surface area contributed by atoms with Gasteiger partial charge in [-0.2, -0.15) is 0 Å². The summed E-state index contributed by atoms with van der Waals surface area (Å²) in [4.78, 5) is 0. The Hall–Kier alpha value is -0.380. The molecule has 4 atom stereocenters. The maximum Gasteiger partial charge on any atom is 0.164 e. The van der Waals surface area contributed by atoms with Gasteiger partial charge in [0.2, 0.25) is 0 Å². The van der Waals surface area contributed by atoms with E-state index in [1.165, 1.54) is 5.57 Å². The monoisotopic (exact) mass is 182 g/mol. The van der Waals surface area contributed by atoms with E-state index in [2.05, 4.69) is 13.0 Å². The Labute approximate surface area is 77.7 Å². The van der Waals surface area contributed by atoms with E-state index in [1.807, 2.05) is 13.8 Å². The second kappa shape index (κ2) is 2.16. The van der Waals surface area contributed by atoms with Gasteiger partial charge >= 0.3 is 0 Å². The quantitative estimate of drug-likeness (QED) is 0.417. The summed E-state index contributed by atoms with van der Waals surface area (Å²) in [6, 6.07) is 0. The first-order valence-corrected chi connectivity index (χ1v) is 4.76. The second-order valence-electron chi connectivity index (χ2n) is 4.50. The minimum absolute atomic E-state index is 0.110. The summed E-state index contributed by atoms with van der Waals surface area (Å²) in [7, 11) is 0. The molecule has 0 bridgehead atoms. The third kappa shape index (κ3) is 1.08. The van der Waals surface area contributed by atoms with Crippen molar-refractivity contribution in [1.29, 1.82) is 0 Å². The number of hydrogen-bond donors (Lipinski definition) is 0. The highest BCUT2D eigenvalue weighted by molar-refractivity contribution is 5.25. The molecule has 1 unspecified atom stereocenters. The molecule has 0 amide bonds. The van der Waals surface area contributed by atoms with Crippen molar-refractivity contribution in [1.82, 2.24) is 0 Å². The Balaban J connectivity index is 1.93. The predicted molar refractivity (Wildman–Crippen MR) is 46.2 cm³/mol. The number of epoxide rings is 1. The van der Waals surface area contributed by atoms with Crippen LogP contribution in [-0.4, -0.2) is 30.2 Å². The van der Waals surface area contributed by atoms with E-state index in [0.29, 0.717) is 6.10 Å². The van der Waals surface area contributed by atoms with Crippen LogP contribution in [0.15, 0.2) is 11.6 Å². The summed E-state index contributed by atoms with van der Waals surface area (Å²) in [5.41, 5.74) is 1.24. The fraction of sp³-hybridized carbons (Fsp3) is 0.800. The van der Waals surface area contributed by atoms with Crippen molar-refractivity contribution in [2.24, 2.45) is 0 Å². The van der Waals surface area contributed by atoms with Crippen LogP contribution >= 0.6 is 0 Å². The van der Waals surface area contributed by atoms with E-state index < -0.39 is 5.79 Å². The maximum atomic E-state index is 5.79. The van der Waals surface area contributed by atoms with Gasteiger partial charge in [-0.15, -0.1) is 0 Å². The molecule has 0 aromatic rings. The van der Waals surface area contributed by atoms with E-state index in [4.69, 9.17) is 14.2 Å². The van der Waals surface area contributed by atoms with E-state index in [-0.39, 0.29) is 18.3 Å². The third-order valence-electron chi connectivity index (χ3n) is 2.89. The predicted octanol–water partition coefficient (Wildman–Crippen LogP) is 1.23. The number of ether oxygens (including phenoxy) is 3. The minimum Gasteiger partial charge on any atom is -0.362 e. The Bertz CT molecular complexity index is 282. The van der Waals surface area contributed by atoms with E-state index in [1.54, 1.807) is 0 Å². The molecule has 0 saturated carbocycles. The minimum atomic E-state index is -0.453. The Morgan fingerprint density at radius 3 is 2.77 bits per heavy atom. The molecule has 2 heterocycles. The molecule has 2 aliphatic heterocycles. The maximum absolute atomic E-state index is 5.79. The van der Waals surface area contributed by atoms with Gasteiger partial charge in [-0.1, -0.05) is 6.08 Å². The van der Waals surface area contributed by atoms with Crippen LogP contribution < -0.4 is 0 Å². The van der Waals surface area contributed by atoms with Gasteiger partial charge in [0.05, 0.1) is 0 Å². The first-order chi connectivity index (χ1) is 6.07. The lowest BCUT2D eigenvalue weighted by atomic mass is 9.95. The molecule has 0 N–H and O–H groups in total. The highest BCUT2D eigenvalue weighted by atomic mass is 16.8. The van der Waals surface area contributed by atoms with Gasteiger partial charge in [-0.3, -0.25) is 0 Å². The zero-order valence-corrected chi connectivity index (χ0v) is 8.11. The Kier molecular flexibility index (Phi) is 1.33. The van der Waals surface area contributed by atoms with Crippen LogP contribution in [0.25, 0.3) is 0 Å². The van der Waals surface area contributed by atoms with Crippen molar-refractivity contribution in [2.45, 2.75) is 51.0 Å². The third-order valence-corrected chi connectivity index (χ3v) is 2.89. The molecule has 2 fully saturated rings. The van der Waals surface area contributed by atoms with Crippen LogP contribution in [-0.2, 0) is 14.2 Å². The number of fused-ring (bicyclic) bond motifs is 3. The van der Waals surface area contributed by atoms with Crippen LogP contribution in [0.4, 0.5) is 0 Å². The highest BCUT2D eigenvalue weighted by Gasteiger charge is 2.57. The average Bonchev–Trinajstić information content (AvgIpc) is 2.68. The molecule has 1 aliphatic carbocycles. The van der Waals surface area contributed by atoms with Gasteiger partial charge in [0.15, 0.2) is 5.79 Å². The SMILES string of the molecule is CC1=CC2O[C@H]2[C@@H]2OC(C)(C)O[C@H]12. The Morgan fingerprint density at radius 1 is 1.23 bits per heavy atom. The Morgan fingerprint density at radius 2 is 2.00 bits per heavy atom. The van der Waals surface area contributed by atoms with Crippen molar-refractivity contribution in [2.75, 3.05) is 0 Å². The number of rotatable bonds is 0. The molecule has 3 aliphatic rings. The fourth-order valence-corrected chi connectivity index (χ4v) is 2.27. The summed E-state index contributed by atoms with van der Waals surface area (Å²) in [6.45, 7) is 5.99. The summed E-state index contributed by atoms with van der Waals surface area (Å²) in [5.74, 6) is -0.453. The van der Waals surface area contributed by atoms with Crippen LogP contribution in [0.2, 0.25) is 0 Å². The largest absolute Gasteiger partial charge is 0.362 e. The molecule has 0 aromatic heterocycles. The lowest BCUT2D eigenvalue weighted by Gasteiger charge is -2.18. The first kappa shape index (κ1) is 7.97. The molecule has 72 valence electrons. The first-order valence-electron chi connectivity index (χ1n) is 4.76. The standard InChI is InChI=1S/C10H14O3/c1-5-4-6-8(11-6)9-7(5)12-10(2,3)13-9/h4,6-9H,1-3H3/t6?,7-,8-,9-/m1/s1. The molecule has 13 heavy (non-hydrogen) atoms. The van der Waals surface area contributed by atoms with E-state index in [9.17, 15) is 0 Å². The normalized spacial score (nSPS) is 50.8. The smallest absolute Gasteiger partial charge is 0.164 e. The zero-order chi connectivity index (χ0) is 9.22. The molecule has 2 saturated heterocycles. The van der Waals surface area contributed by atoms with Crippen LogP contribution in [0.1, 0.15) is 20.8 Å². The molecule has 0 spiro atoms. The number of hydrogen-bond acceptors (Lipinski definition) is 3. The molecule has 3 nitrogen and oxygen atoms in total. The summed E-state index contributed by atoms with van der Waals surface area (Å²) in [6.07, 6.45) is 2.91. The topological polar surface area (TPSA) is 31.0 Å². The van der Waals surface area contributed by atoms with Gasteiger partial charge in [0.1, 0.15) is 24.4 Å². The van der Waals surface area contributed by atoms with Crippen molar-refractivity contribution >= 4 is 0 Å². The van der Waals surface area contributed by atoms with E-state index in [0.717, 1.165) is 0 Å². The van der Waals surface area contributed by atoms with Crippen molar-refractivity contribution < 1.29 is 14.2 Å². The fourth-order valence-electron chi connectivity index (χ4n) is 2.27. The molecular weight excluding hydrogens is 168 g/mol. The van der Waals surface area contributed by atoms with Crippen LogP contribution in [0.5, 0.6) is 0 Å². The van der Waals surface area contributed by atoms with Gasteiger partial charge in [0, 0.05) is 0 Å². The van der Waals surface area contributed by atoms with Gasteiger partial charge in [-0.25, -0.2) is 0 Å². The van der Waals surface area contributed by atoms with Gasteiger partial charge in [-0.05, 0) is 26.3 Å². The van der Waals surface area contributed by atoms with Crippen LogP contribution in [0.3, 0.4) is 0 Å². The molecule has 0 radical (unpaired) electrons. The summed E-state index contributed by atoms with van der Waals surface area (Å²) >= 11 is 0. The molecule has 3 heteroatoms. The van der Waals surface area contributed by atoms with Crippen molar-refractivity contribution in [3.8, 4) is 0 Å². The lowest BCUT2D eigenvalue weighted by molar-refractivity contribution is -0.145. The van der Waals surface area contributed by atoms with Crippen molar-refractivity contribution in [3.05, 3.63) is 11.6 Å². The van der Waals surface area contributed by atoms with Crippen molar-refractivity contribution in [3.63, 3.8) is 0 Å². The summed E-state index contributed by atoms with van der Waals surface area (Å²) in [5, 5.41) is 0. The van der Waals surface area contributed by atoms with E-state index >= 15 is 0 Å². The molecule has 0 aromatic carbocycles. The van der Waals surface area contributed by atoms with Gasteiger partial charge < -0.3 is 14.2 Å². The highest BCUT2D eigenvalue weighted by Crippen LogP contribution is 2.45. The van der Waals surface area contributed by atoms with Crippen LogP contribution in [0, 0.1) is 0 Å².